The molecule has 1 saturated heterocycles. The van der Waals surface area contributed by atoms with Crippen LogP contribution in [-0.4, -0.2) is 32.6 Å². The van der Waals surface area contributed by atoms with Gasteiger partial charge in [0, 0.05) is 18.5 Å². The highest BCUT2D eigenvalue weighted by molar-refractivity contribution is 6.22. The lowest BCUT2D eigenvalue weighted by Gasteiger charge is -2.24. The Kier molecular flexibility index (Phi) is 5.73. The topological polar surface area (TPSA) is 110 Å². The number of alkyl halides is 1. The fraction of sp³-hybridized carbons (Fsp3) is 0.318. The van der Waals surface area contributed by atoms with Crippen molar-refractivity contribution in [3.8, 4) is 0 Å². The maximum Gasteiger partial charge on any atom is 0.262 e. The summed E-state index contributed by atoms with van der Waals surface area (Å²) in [5.41, 5.74) is 1.23. The van der Waals surface area contributed by atoms with Gasteiger partial charge in [0.05, 0.1) is 16.3 Å². The van der Waals surface area contributed by atoms with E-state index in [4.69, 9.17) is 11.6 Å². The Bertz CT molecular complexity index is 1210. The lowest BCUT2D eigenvalue weighted by Crippen LogP contribution is -2.45. The van der Waals surface area contributed by atoms with Crippen molar-refractivity contribution >= 4 is 40.2 Å². The quantitative estimate of drug-likeness (QED) is 0.556. The van der Waals surface area contributed by atoms with Crippen LogP contribution in [0.2, 0.25) is 0 Å². The Morgan fingerprint density at radius 1 is 1.32 bits per heavy atom. The first-order chi connectivity index (χ1) is 14.8. The van der Waals surface area contributed by atoms with Gasteiger partial charge >= 0.3 is 0 Å². The molecule has 8 nitrogen and oxygen atoms in total. The summed E-state index contributed by atoms with van der Waals surface area (Å²) in [6, 6.07) is 4.43. The van der Waals surface area contributed by atoms with E-state index < -0.39 is 11.9 Å². The number of hydrogen-bond donors (Lipinski definition) is 2. The molecule has 1 aromatic carbocycles. The minimum atomic E-state index is -0.800. The molecule has 31 heavy (non-hydrogen) atoms. The summed E-state index contributed by atoms with van der Waals surface area (Å²) in [5.74, 6) is -0.735. The molecular weight excluding hydrogens is 420 g/mol. The number of carbonyl (C=O) groups is 3. The van der Waals surface area contributed by atoms with Crippen molar-refractivity contribution in [3.63, 3.8) is 0 Å². The summed E-state index contributed by atoms with van der Waals surface area (Å²) in [6.45, 7) is 1.78. The van der Waals surface area contributed by atoms with Crippen molar-refractivity contribution in [1.82, 2.24) is 20.2 Å². The van der Waals surface area contributed by atoms with Crippen molar-refractivity contribution in [3.05, 3.63) is 63.7 Å². The van der Waals surface area contributed by atoms with E-state index in [1.54, 1.807) is 43.4 Å². The average molecular weight is 441 g/mol. The van der Waals surface area contributed by atoms with E-state index in [2.05, 4.69) is 15.6 Å². The van der Waals surface area contributed by atoms with Gasteiger partial charge < -0.3 is 5.32 Å². The van der Waals surface area contributed by atoms with Gasteiger partial charge in [-0.15, -0.1) is 11.6 Å². The number of hydrogen-bond acceptors (Lipinski definition) is 5. The van der Waals surface area contributed by atoms with E-state index >= 15 is 0 Å². The predicted octanol–water partition coefficient (Wildman–Crippen LogP) is 1.79. The molecule has 2 aromatic rings. The number of nitrogens with one attached hydrogen (secondary N) is 2. The maximum absolute atomic E-state index is 13.4. The molecule has 9 heteroatoms. The number of fused-ring (bicyclic) bond motifs is 1. The number of benzene rings is 1. The van der Waals surface area contributed by atoms with Crippen LogP contribution in [0.1, 0.15) is 36.7 Å². The Hall–Kier alpha value is -3.26. The number of rotatable bonds is 4. The van der Waals surface area contributed by atoms with Crippen LogP contribution in [0.25, 0.3) is 10.9 Å². The van der Waals surface area contributed by atoms with E-state index in [9.17, 15) is 19.2 Å². The van der Waals surface area contributed by atoms with Crippen LogP contribution in [0.3, 0.4) is 0 Å². The molecule has 0 saturated carbocycles. The largest absolute Gasteiger partial charge is 0.348 e. The molecule has 0 bridgehead atoms. The van der Waals surface area contributed by atoms with Gasteiger partial charge in [0.15, 0.2) is 0 Å². The Morgan fingerprint density at radius 2 is 2.13 bits per heavy atom. The molecular formula is C22H21ClN4O4. The molecule has 2 atom stereocenters. The monoisotopic (exact) mass is 440 g/mol. The molecule has 2 aliphatic rings. The average Bonchev–Trinajstić information content (AvgIpc) is 2.73. The van der Waals surface area contributed by atoms with Crippen molar-refractivity contribution in [2.75, 3.05) is 0 Å². The van der Waals surface area contributed by atoms with E-state index in [0.29, 0.717) is 34.3 Å². The third-order valence-corrected chi connectivity index (χ3v) is 5.79. The van der Waals surface area contributed by atoms with Crippen LogP contribution in [0.15, 0.2) is 46.8 Å². The van der Waals surface area contributed by atoms with Gasteiger partial charge in [0.2, 0.25) is 11.8 Å². The molecule has 1 aliphatic heterocycles. The molecule has 3 amide bonds. The molecule has 160 valence electrons. The van der Waals surface area contributed by atoms with Crippen molar-refractivity contribution in [2.45, 2.75) is 44.1 Å². The van der Waals surface area contributed by atoms with Gasteiger partial charge in [0.1, 0.15) is 11.9 Å². The van der Waals surface area contributed by atoms with E-state index in [1.807, 2.05) is 0 Å². The summed E-state index contributed by atoms with van der Waals surface area (Å²) in [6.07, 6.45) is 6.19. The SMILES string of the molecule is Cc1nc2cccc(CNC(=O)C3=CCC(Cl)C=C3)c2c(=O)n1C1CCC(=O)NC1=O. The number of nitrogens with zero attached hydrogens (tertiary/aromatic N) is 2. The Labute approximate surface area is 183 Å². The lowest BCUT2D eigenvalue weighted by molar-refractivity contribution is -0.135. The van der Waals surface area contributed by atoms with Crippen LogP contribution in [-0.2, 0) is 20.9 Å². The lowest BCUT2D eigenvalue weighted by atomic mass is 10.0. The fourth-order valence-electron chi connectivity index (χ4n) is 3.91. The van der Waals surface area contributed by atoms with Gasteiger partial charge in [-0.1, -0.05) is 30.4 Å². The van der Waals surface area contributed by atoms with Gasteiger partial charge in [-0.3, -0.25) is 29.1 Å². The number of carbonyl (C=O) groups excluding carboxylic acids is 3. The minimum absolute atomic E-state index is 0.116. The second-order valence-corrected chi connectivity index (χ2v) is 8.13. The highest BCUT2D eigenvalue weighted by atomic mass is 35.5. The minimum Gasteiger partial charge on any atom is -0.348 e. The van der Waals surface area contributed by atoms with Crippen LogP contribution in [0.4, 0.5) is 0 Å². The molecule has 1 aliphatic carbocycles. The van der Waals surface area contributed by atoms with Crippen LogP contribution in [0.5, 0.6) is 0 Å². The zero-order valence-electron chi connectivity index (χ0n) is 16.9. The summed E-state index contributed by atoms with van der Waals surface area (Å²) < 4.78 is 1.34. The van der Waals surface area contributed by atoms with E-state index in [1.165, 1.54) is 4.57 Å². The highest BCUT2D eigenvalue weighted by Gasteiger charge is 2.30. The van der Waals surface area contributed by atoms with Crippen LogP contribution in [0, 0.1) is 6.92 Å². The Balaban J connectivity index is 1.66. The summed E-state index contributed by atoms with van der Waals surface area (Å²) in [7, 11) is 0. The molecule has 0 spiro atoms. The van der Waals surface area contributed by atoms with Crippen LogP contribution < -0.4 is 16.2 Å². The first-order valence-corrected chi connectivity index (χ1v) is 10.4. The van der Waals surface area contributed by atoms with Gasteiger partial charge in [0.25, 0.3) is 11.5 Å². The number of piperidine rings is 1. The second kappa shape index (κ2) is 8.47. The third kappa shape index (κ3) is 4.16. The maximum atomic E-state index is 13.4. The molecule has 2 N–H and O–H groups in total. The number of aryl methyl sites for hydroxylation is 1. The highest BCUT2D eigenvalue weighted by Crippen LogP contribution is 2.21. The zero-order valence-corrected chi connectivity index (χ0v) is 17.6. The van der Waals surface area contributed by atoms with E-state index in [-0.39, 0.29) is 42.1 Å². The molecule has 1 aromatic heterocycles. The molecule has 2 unspecified atom stereocenters. The van der Waals surface area contributed by atoms with Crippen LogP contribution >= 0.6 is 11.6 Å². The number of aromatic nitrogens is 2. The van der Waals surface area contributed by atoms with Crippen molar-refractivity contribution in [1.29, 1.82) is 0 Å². The van der Waals surface area contributed by atoms with Crippen molar-refractivity contribution in [2.24, 2.45) is 0 Å². The molecule has 1 fully saturated rings. The number of allylic oxidation sites excluding steroid dienone is 2. The Morgan fingerprint density at radius 3 is 2.84 bits per heavy atom. The number of amides is 3. The molecule has 4 rings (SSSR count). The normalized spacial score (nSPS) is 21.0. The van der Waals surface area contributed by atoms with Crippen molar-refractivity contribution < 1.29 is 14.4 Å². The zero-order chi connectivity index (χ0) is 22.1. The molecule has 0 radical (unpaired) electrons. The first kappa shape index (κ1) is 21.0. The summed E-state index contributed by atoms with van der Waals surface area (Å²) in [4.78, 5) is 54.2. The number of halogens is 1. The third-order valence-electron chi connectivity index (χ3n) is 5.46. The first-order valence-electron chi connectivity index (χ1n) is 10.00. The number of imide groups is 1. The fourth-order valence-corrected chi connectivity index (χ4v) is 4.07. The van der Waals surface area contributed by atoms with Gasteiger partial charge in [-0.25, -0.2) is 4.98 Å². The predicted molar refractivity (Wildman–Crippen MR) is 115 cm³/mol. The van der Waals surface area contributed by atoms with E-state index in [0.717, 1.165) is 0 Å². The smallest absolute Gasteiger partial charge is 0.262 e. The summed E-state index contributed by atoms with van der Waals surface area (Å²) in [5, 5.41) is 5.33. The van der Waals surface area contributed by atoms with Gasteiger partial charge in [-0.05, 0) is 31.4 Å². The standard InChI is InChI=1S/C22H21ClN4O4/c1-12-25-16-4-2-3-14(11-24-20(29)13-5-7-15(23)8-6-13)19(16)22(31)27(12)17-9-10-18(28)26-21(17)30/h2-7,15,17H,8-11H2,1H3,(H,24,29)(H,26,28,30). The second-order valence-electron chi connectivity index (χ2n) is 7.57. The van der Waals surface area contributed by atoms with Gasteiger partial charge in [-0.2, -0.15) is 0 Å². The molecule has 2 heterocycles. The summed E-state index contributed by atoms with van der Waals surface area (Å²) >= 11 is 6.00.